The van der Waals surface area contributed by atoms with Gasteiger partial charge in [-0.2, -0.15) is 0 Å². The van der Waals surface area contributed by atoms with E-state index in [1.54, 1.807) is 6.20 Å². The van der Waals surface area contributed by atoms with Crippen molar-refractivity contribution in [3.8, 4) is 0 Å². The van der Waals surface area contributed by atoms with Gasteiger partial charge in [0.25, 0.3) is 0 Å². The molecule has 2 rings (SSSR count). The predicted molar refractivity (Wildman–Crippen MR) is 59.6 cm³/mol. The number of hydrogen-bond donors (Lipinski definition) is 1. The molecule has 0 aliphatic heterocycles. The second kappa shape index (κ2) is 4.08. The molecule has 2 heterocycles. The topological polar surface area (TPSA) is 48.8 Å². The molecule has 0 amide bonds. The maximum absolute atomic E-state index is 5.90. The summed E-state index contributed by atoms with van der Waals surface area (Å²) >= 11 is 5.90. The Morgan fingerprint density at radius 3 is 2.87 bits per heavy atom. The van der Waals surface area contributed by atoms with Crippen LogP contribution in [-0.2, 0) is 20.1 Å². The van der Waals surface area contributed by atoms with Crippen LogP contribution in [0.15, 0.2) is 24.7 Å². The molecule has 2 aromatic rings. The summed E-state index contributed by atoms with van der Waals surface area (Å²) < 4.78 is 3.91. The zero-order valence-electron chi connectivity index (χ0n) is 8.52. The van der Waals surface area contributed by atoms with Crippen LogP contribution >= 0.6 is 11.6 Å². The third-order valence-corrected chi connectivity index (χ3v) is 2.75. The number of hydrogen-bond acceptors (Lipinski definition) is 2. The summed E-state index contributed by atoms with van der Waals surface area (Å²) in [5.74, 6) is 0.930. The number of rotatable bonds is 3. The fourth-order valence-corrected chi connectivity index (χ4v) is 1.59. The fourth-order valence-electron chi connectivity index (χ4n) is 1.44. The average molecular weight is 225 g/mol. The predicted octanol–water partition coefficient (Wildman–Crippen LogP) is 1.38. The van der Waals surface area contributed by atoms with Crippen LogP contribution in [0.2, 0.25) is 5.15 Å². The lowest BCUT2D eigenvalue weighted by molar-refractivity contribution is 0.701. The largest absolute Gasteiger partial charge is 0.346 e. The minimum Gasteiger partial charge on any atom is -0.346 e. The molecule has 0 fully saturated rings. The van der Waals surface area contributed by atoms with E-state index in [2.05, 4.69) is 4.98 Å². The van der Waals surface area contributed by atoms with Crippen molar-refractivity contribution in [3.05, 3.63) is 41.2 Å². The molecule has 0 aliphatic carbocycles. The van der Waals surface area contributed by atoms with Gasteiger partial charge in [0.2, 0.25) is 0 Å². The third-order valence-electron chi connectivity index (χ3n) is 2.40. The first-order chi connectivity index (χ1) is 7.20. The number of nitrogens with two attached hydrogens (primary N) is 1. The molecule has 80 valence electrons. The van der Waals surface area contributed by atoms with E-state index in [9.17, 15) is 0 Å². The SMILES string of the molecule is Cn1c(Cl)cnc1Cn1ccc(CN)c1. The number of nitrogens with zero attached hydrogens (tertiary/aromatic N) is 3. The van der Waals surface area contributed by atoms with Crippen molar-refractivity contribution < 1.29 is 0 Å². The van der Waals surface area contributed by atoms with Crippen LogP contribution in [-0.4, -0.2) is 14.1 Å². The van der Waals surface area contributed by atoms with Gasteiger partial charge in [0.1, 0.15) is 11.0 Å². The van der Waals surface area contributed by atoms with Gasteiger partial charge in [-0.15, -0.1) is 0 Å². The summed E-state index contributed by atoms with van der Waals surface area (Å²) in [7, 11) is 1.90. The lowest BCUT2D eigenvalue weighted by atomic mass is 10.3. The van der Waals surface area contributed by atoms with Crippen molar-refractivity contribution in [2.45, 2.75) is 13.1 Å². The third kappa shape index (κ3) is 2.06. The lowest BCUT2D eigenvalue weighted by Gasteiger charge is -2.03. The molecule has 0 saturated carbocycles. The summed E-state index contributed by atoms with van der Waals surface area (Å²) in [5, 5.41) is 0.649. The monoisotopic (exact) mass is 224 g/mol. The zero-order valence-corrected chi connectivity index (χ0v) is 9.28. The highest BCUT2D eigenvalue weighted by Crippen LogP contribution is 2.11. The molecular weight excluding hydrogens is 212 g/mol. The van der Waals surface area contributed by atoms with E-state index < -0.39 is 0 Å². The van der Waals surface area contributed by atoms with E-state index in [0.717, 1.165) is 11.4 Å². The Labute approximate surface area is 93.3 Å². The van der Waals surface area contributed by atoms with Gasteiger partial charge in [-0.3, -0.25) is 0 Å². The van der Waals surface area contributed by atoms with E-state index in [-0.39, 0.29) is 0 Å². The summed E-state index contributed by atoms with van der Waals surface area (Å²) in [6.45, 7) is 1.28. The molecule has 0 spiro atoms. The van der Waals surface area contributed by atoms with Crippen molar-refractivity contribution in [1.29, 1.82) is 0 Å². The fraction of sp³-hybridized carbons (Fsp3) is 0.300. The van der Waals surface area contributed by atoms with Gasteiger partial charge in [0, 0.05) is 26.0 Å². The quantitative estimate of drug-likeness (QED) is 0.857. The van der Waals surface area contributed by atoms with Crippen LogP contribution in [0.1, 0.15) is 11.4 Å². The van der Waals surface area contributed by atoms with Crippen molar-refractivity contribution in [2.75, 3.05) is 0 Å². The smallest absolute Gasteiger partial charge is 0.129 e. The van der Waals surface area contributed by atoms with Crippen molar-refractivity contribution >= 4 is 11.6 Å². The molecular formula is C10H13ClN4. The second-order valence-electron chi connectivity index (χ2n) is 3.45. The van der Waals surface area contributed by atoms with E-state index in [0.29, 0.717) is 18.2 Å². The van der Waals surface area contributed by atoms with Crippen LogP contribution < -0.4 is 5.73 Å². The molecule has 0 saturated heterocycles. The van der Waals surface area contributed by atoms with Gasteiger partial charge >= 0.3 is 0 Å². The molecule has 0 unspecified atom stereocenters. The minimum atomic E-state index is 0.564. The molecule has 0 bridgehead atoms. The first kappa shape index (κ1) is 10.3. The van der Waals surface area contributed by atoms with Gasteiger partial charge in [0.05, 0.1) is 12.7 Å². The highest BCUT2D eigenvalue weighted by molar-refractivity contribution is 6.29. The van der Waals surface area contributed by atoms with Gasteiger partial charge in [-0.05, 0) is 11.6 Å². The van der Waals surface area contributed by atoms with E-state index in [1.807, 2.05) is 34.6 Å². The highest BCUT2D eigenvalue weighted by Gasteiger charge is 2.04. The summed E-state index contributed by atoms with van der Waals surface area (Å²) in [6.07, 6.45) is 5.66. The Hall–Kier alpha value is -1.26. The molecule has 0 aromatic carbocycles. The highest BCUT2D eigenvalue weighted by atomic mass is 35.5. The normalized spacial score (nSPS) is 10.9. The van der Waals surface area contributed by atoms with Gasteiger partial charge < -0.3 is 14.9 Å². The van der Waals surface area contributed by atoms with E-state index >= 15 is 0 Å². The van der Waals surface area contributed by atoms with Crippen molar-refractivity contribution in [2.24, 2.45) is 12.8 Å². The second-order valence-corrected chi connectivity index (χ2v) is 3.84. The number of aromatic nitrogens is 3. The van der Waals surface area contributed by atoms with Crippen LogP contribution in [0, 0.1) is 0 Å². The van der Waals surface area contributed by atoms with Gasteiger partial charge in [-0.25, -0.2) is 4.98 Å². The summed E-state index contributed by atoms with van der Waals surface area (Å²) in [6, 6.07) is 2.00. The molecule has 4 nitrogen and oxygen atoms in total. The maximum Gasteiger partial charge on any atom is 0.129 e. The van der Waals surface area contributed by atoms with E-state index in [4.69, 9.17) is 17.3 Å². The first-order valence-corrected chi connectivity index (χ1v) is 5.09. The van der Waals surface area contributed by atoms with Crippen LogP contribution in [0.3, 0.4) is 0 Å². The zero-order chi connectivity index (χ0) is 10.8. The lowest BCUT2D eigenvalue weighted by Crippen LogP contribution is -2.04. The standard InChI is InChI=1S/C10H13ClN4/c1-14-9(11)5-13-10(14)7-15-3-2-8(4-12)6-15/h2-3,5-6H,4,7,12H2,1H3. The summed E-state index contributed by atoms with van der Waals surface area (Å²) in [5.41, 5.74) is 6.66. The van der Waals surface area contributed by atoms with E-state index in [1.165, 1.54) is 0 Å². The van der Waals surface area contributed by atoms with Crippen LogP contribution in [0.4, 0.5) is 0 Å². The van der Waals surface area contributed by atoms with Crippen LogP contribution in [0.25, 0.3) is 0 Å². The molecule has 0 aliphatic rings. The van der Waals surface area contributed by atoms with Gasteiger partial charge in [0.15, 0.2) is 0 Å². The maximum atomic E-state index is 5.90. The average Bonchev–Trinajstić information content (AvgIpc) is 2.80. The molecule has 0 radical (unpaired) electrons. The Morgan fingerprint density at radius 1 is 1.53 bits per heavy atom. The minimum absolute atomic E-state index is 0.564. The molecule has 2 aromatic heterocycles. The van der Waals surface area contributed by atoms with Crippen molar-refractivity contribution in [1.82, 2.24) is 14.1 Å². The Kier molecular flexibility index (Phi) is 2.79. The number of halogens is 1. The molecule has 5 heteroatoms. The Bertz CT molecular complexity index is 458. The molecule has 2 N–H and O–H groups in total. The first-order valence-electron chi connectivity index (χ1n) is 4.71. The van der Waals surface area contributed by atoms with Crippen molar-refractivity contribution in [3.63, 3.8) is 0 Å². The Balaban J connectivity index is 2.18. The Morgan fingerprint density at radius 2 is 2.33 bits per heavy atom. The van der Waals surface area contributed by atoms with Gasteiger partial charge in [-0.1, -0.05) is 11.6 Å². The molecule has 0 atom stereocenters. The van der Waals surface area contributed by atoms with Crippen LogP contribution in [0.5, 0.6) is 0 Å². The summed E-state index contributed by atoms with van der Waals surface area (Å²) in [4.78, 5) is 4.22. The number of imidazole rings is 1. The molecule has 15 heavy (non-hydrogen) atoms.